The first-order valence-corrected chi connectivity index (χ1v) is 7.00. The number of esters is 4. The summed E-state index contributed by atoms with van der Waals surface area (Å²) >= 11 is 0. The largest absolute Gasteiger partial charge is 0.458 e. The van der Waals surface area contributed by atoms with Crippen LogP contribution in [0.25, 0.3) is 0 Å². The van der Waals surface area contributed by atoms with Crippen molar-refractivity contribution in [3.05, 3.63) is 0 Å². The third-order valence-corrected chi connectivity index (χ3v) is 3.09. The van der Waals surface area contributed by atoms with E-state index in [0.717, 1.165) is 27.7 Å². The van der Waals surface area contributed by atoms with E-state index >= 15 is 0 Å². The smallest absolute Gasteiger partial charge is 0.303 e. The highest BCUT2D eigenvalue weighted by atomic mass is 19.3. The second-order valence-electron chi connectivity index (χ2n) is 5.29. The Bertz CT molecular complexity index is 533. The molecule has 0 aromatic carbocycles. The lowest BCUT2D eigenvalue weighted by atomic mass is 9.85. The number of carbonyl (C=O) groups excluding carboxylic acids is 4. The van der Waals surface area contributed by atoms with Gasteiger partial charge in [0.1, 0.15) is 6.10 Å². The van der Waals surface area contributed by atoms with Crippen molar-refractivity contribution in [3.8, 4) is 0 Å². The Morgan fingerprint density at radius 1 is 0.750 bits per heavy atom. The molecule has 0 saturated heterocycles. The first-order valence-electron chi connectivity index (χ1n) is 7.00. The van der Waals surface area contributed by atoms with Gasteiger partial charge in [0, 0.05) is 27.7 Å². The van der Waals surface area contributed by atoms with Crippen molar-refractivity contribution in [1.82, 2.24) is 0 Å². The van der Waals surface area contributed by atoms with Crippen molar-refractivity contribution in [2.45, 2.75) is 64.5 Å². The molecule has 0 radical (unpaired) electrons. The Hall–Kier alpha value is -2.26. The minimum atomic E-state index is -3.68. The van der Waals surface area contributed by atoms with Crippen molar-refractivity contribution in [1.29, 1.82) is 0 Å². The van der Waals surface area contributed by atoms with E-state index in [0.29, 0.717) is 0 Å². The molecule has 24 heavy (non-hydrogen) atoms. The molecule has 0 amide bonds. The molecule has 0 bridgehead atoms. The number of rotatable bonds is 4. The Labute approximate surface area is 136 Å². The van der Waals surface area contributed by atoms with E-state index < -0.39 is 60.6 Å². The van der Waals surface area contributed by atoms with Crippen LogP contribution >= 0.6 is 0 Å². The molecule has 1 rings (SSSR count). The van der Waals surface area contributed by atoms with Gasteiger partial charge in [0.05, 0.1) is 6.42 Å². The van der Waals surface area contributed by atoms with E-state index in [1.807, 2.05) is 0 Å². The van der Waals surface area contributed by atoms with Crippen LogP contribution < -0.4 is 0 Å². The van der Waals surface area contributed by atoms with E-state index in [4.69, 9.17) is 14.2 Å². The van der Waals surface area contributed by atoms with Gasteiger partial charge in [-0.25, -0.2) is 8.78 Å². The fourth-order valence-corrected chi connectivity index (χ4v) is 2.43. The number of alkyl halides is 2. The van der Waals surface area contributed by atoms with Gasteiger partial charge >= 0.3 is 23.9 Å². The number of hydrogen-bond acceptors (Lipinski definition) is 8. The van der Waals surface area contributed by atoms with Crippen molar-refractivity contribution < 1.29 is 46.9 Å². The van der Waals surface area contributed by atoms with Crippen molar-refractivity contribution >= 4 is 23.9 Å². The van der Waals surface area contributed by atoms with Crippen LogP contribution in [0.2, 0.25) is 0 Å². The topological polar surface area (TPSA) is 105 Å². The van der Waals surface area contributed by atoms with Crippen LogP contribution in [0.5, 0.6) is 0 Å². The molecule has 136 valence electrons. The van der Waals surface area contributed by atoms with E-state index in [2.05, 4.69) is 4.74 Å². The molecule has 1 saturated carbocycles. The second kappa shape index (κ2) is 7.54. The lowest BCUT2D eigenvalue weighted by Gasteiger charge is -2.43. The molecule has 1 aliphatic rings. The molecule has 0 heterocycles. The number of hydrogen-bond donors (Lipinski definition) is 0. The Morgan fingerprint density at radius 2 is 1.17 bits per heavy atom. The first kappa shape index (κ1) is 19.8. The zero-order valence-corrected chi connectivity index (χ0v) is 13.5. The molecular weight excluding hydrogens is 334 g/mol. The molecule has 0 N–H and O–H groups in total. The van der Waals surface area contributed by atoms with E-state index in [-0.39, 0.29) is 0 Å². The zero-order chi connectivity index (χ0) is 18.7. The number of halogens is 2. The summed E-state index contributed by atoms with van der Waals surface area (Å²) in [6.45, 7) is 3.84. The molecule has 8 nitrogen and oxygen atoms in total. The maximum atomic E-state index is 14.3. The normalized spacial score (nSPS) is 28.4. The van der Waals surface area contributed by atoms with Crippen LogP contribution in [0, 0.1) is 0 Å². The Balaban J connectivity index is 3.29. The third kappa shape index (κ3) is 5.14. The highest BCUT2D eigenvalue weighted by Crippen LogP contribution is 2.40. The lowest BCUT2D eigenvalue weighted by molar-refractivity contribution is -0.259. The molecule has 0 unspecified atom stereocenters. The van der Waals surface area contributed by atoms with Gasteiger partial charge in [0.25, 0.3) is 5.92 Å². The van der Waals surface area contributed by atoms with Gasteiger partial charge in [0.2, 0.25) is 6.10 Å². The second-order valence-corrected chi connectivity index (χ2v) is 5.29. The molecule has 0 aliphatic heterocycles. The fraction of sp³-hybridized carbons (Fsp3) is 0.714. The summed E-state index contributed by atoms with van der Waals surface area (Å²) in [6, 6.07) is 0. The number of ether oxygens (including phenoxy) is 4. The van der Waals surface area contributed by atoms with Gasteiger partial charge in [-0.3, -0.25) is 19.2 Å². The van der Waals surface area contributed by atoms with Gasteiger partial charge in [-0.15, -0.1) is 0 Å². The minimum absolute atomic E-state index is 0.874. The van der Waals surface area contributed by atoms with E-state index in [9.17, 15) is 28.0 Å². The molecule has 0 aromatic heterocycles. The van der Waals surface area contributed by atoms with Crippen LogP contribution in [-0.4, -0.2) is 54.2 Å². The summed E-state index contributed by atoms with van der Waals surface area (Å²) < 4.78 is 47.8. The van der Waals surface area contributed by atoms with Crippen LogP contribution in [0.3, 0.4) is 0 Å². The maximum absolute atomic E-state index is 14.3. The van der Waals surface area contributed by atoms with Crippen LogP contribution in [0.4, 0.5) is 8.78 Å². The quantitative estimate of drug-likeness (QED) is 0.539. The zero-order valence-electron chi connectivity index (χ0n) is 13.5. The average Bonchev–Trinajstić information content (AvgIpc) is 2.36. The lowest BCUT2D eigenvalue weighted by Crippen LogP contribution is -2.63. The maximum Gasteiger partial charge on any atom is 0.303 e. The van der Waals surface area contributed by atoms with Gasteiger partial charge in [-0.1, -0.05) is 0 Å². The standard InChI is InChI=1S/C14H18F2O8/c1-6(17)21-10-5-14(15,16)13(24-9(4)20)12(23-8(3)19)11(10)22-7(2)18/h10-13H,5H2,1-4H3/t10-,11-,12-,13-/m0/s1. The summed E-state index contributed by atoms with van der Waals surface area (Å²) in [6.07, 6.45) is -8.20. The van der Waals surface area contributed by atoms with Gasteiger partial charge in [-0.05, 0) is 0 Å². The highest BCUT2D eigenvalue weighted by Gasteiger charge is 2.61. The monoisotopic (exact) mass is 352 g/mol. The van der Waals surface area contributed by atoms with Crippen molar-refractivity contribution in [2.24, 2.45) is 0 Å². The van der Waals surface area contributed by atoms with Crippen LogP contribution in [0.1, 0.15) is 34.1 Å². The highest BCUT2D eigenvalue weighted by molar-refractivity contribution is 5.69. The predicted molar refractivity (Wildman–Crippen MR) is 71.8 cm³/mol. The van der Waals surface area contributed by atoms with Crippen LogP contribution in [-0.2, 0) is 38.1 Å². The molecular formula is C14H18F2O8. The summed E-state index contributed by atoms with van der Waals surface area (Å²) in [5, 5.41) is 0. The Kier molecular flexibility index (Phi) is 6.22. The SMILES string of the molecule is CC(=O)O[C@@H]1[C@H](OC(C)=O)[C@H](OC(C)=O)C(F)(F)C[C@@H]1OC(C)=O. The number of carbonyl (C=O) groups is 4. The third-order valence-electron chi connectivity index (χ3n) is 3.09. The molecule has 1 aliphatic carbocycles. The van der Waals surface area contributed by atoms with Gasteiger partial charge in [-0.2, -0.15) is 0 Å². The van der Waals surface area contributed by atoms with Gasteiger partial charge in [0.15, 0.2) is 12.2 Å². The Morgan fingerprint density at radius 3 is 1.58 bits per heavy atom. The van der Waals surface area contributed by atoms with Crippen LogP contribution in [0.15, 0.2) is 0 Å². The molecule has 1 fully saturated rings. The van der Waals surface area contributed by atoms with Gasteiger partial charge < -0.3 is 18.9 Å². The molecule has 4 atom stereocenters. The average molecular weight is 352 g/mol. The minimum Gasteiger partial charge on any atom is -0.458 e. The first-order chi connectivity index (χ1) is 10.9. The summed E-state index contributed by atoms with van der Waals surface area (Å²) in [4.78, 5) is 44.8. The van der Waals surface area contributed by atoms with Crippen molar-refractivity contribution in [2.75, 3.05) is 0 Å². The molecule has 10 heteroatoms. The van der Waals surface area contributed by atoms with Crippen molar-refractivity contribution in [3.63, 3.8) is 0 Å². The molecule has 0 aromatic rings. The summed E-state index contributed by atoms with van der Waals surface area (Å²) in [7, 11) is 0. The van der Waals surface area contributed by atoms with E-state index in [1.165, 1.54) is 0 Å². The predicted octanol–water partition coefficient (Wildman–Crippen LogP) is 0.752. The molecule has 0 spiro atoms. The summed E-state index contributed by atoms with van der Waals surface area (Å²) in [5.41, 5.74) is 0. The van der Waals surface area contributed by atoms with E-state index in [1.54, 1.807) is 0 Å². The summed E-state index contributed by atoms with van der Waals surface area (Å²) in [5.74, 6) is -7.44. The fourth-order valence-electron chi connectivity index (χ4n) is 2.43.